The van der Waals surface area contributed by atoms with Gasteiger partial charge in [0, 0.05) is 6.54 Å². The normalized spacial score (nSPS) is 31.3. The molecule has 0 amide bonds. The van der Waals surface area contributed by atoms with Crippen molar-refractivity contribution in [1.82, 2.24) is 5.32 Å². The van der Waals surface area contributed by atoms with Crippen molar-refractivity contribution < 1.29 is 4.39 Å². The molecule has 3 atom stereocenters. The Kier molecular flexibility index (Phi) is 7.02. The molecule has 16 heavy (non-hydrogen) atoms. The largest absolute Gasteiger partial charge is 0.290 e. The lowest BCUT2D eigenvalue weighted by Crippen LogP contribution is -2.26. The first-order valence-corrected chi connectivity index (χ1v) is 7.04. The molecular weight excluding hydrogens is 201 g/mol. The van der Waals surface area contributed by atoms with E-state index >= 15 is 0 Å². The quantitative estimate of drug-likeness (QED) is 0.533. The van der Waals surface area contributed by atoms with Gasteiger partial charge in [0.15, 0.2) is 0 Å². The molecule has 0 spiro atoms. The number of nitrogens with one attached hydrogen (secondary N) is 1. The van der Waals surface area contributed by atoms with Gasteiger partial charge in [-0.1, -0.05) is 52.4 Å². The second kappa shape index (κ2) is 8.05. The third kappa shape index (κ3) is 4.82. The predicted octanol–water partition coefficient (Wildman–Crippen LogP) is 4.14. The van der Waals surface area contributed by atoms with Crippen molar-refractivity contribution in [3.63, 3.8) is 0 Å². The molecule has 1 nitrogen and oxygen atoms in total. The Morgan fingerprint density at radius 1 is 1.19 bits per heavy atom. The summed E-state index contributed by atoms with van der Waals surface area (Å²) in [6.45, 7) is 5.11. The molecule has 0 aromatic heterocycles. The van der Waals surface area contributed by atoms with E-state index in [1.807, 2.05) is 0 Å². The van der Waals surface area contributed by atoms with Crippen LogP contribution in [0.15, 0.2) is 0 Å². The van der Waals surface area contributed by atoms with Crippen LogP contribution in [0.2, 0.25) is 0 Å². The van der Waals surface area contributed by atoms with Crippen molar-refractivity contribution in [3.8, 4) is 0 Å². The average molecular weight is 229 g/mol. The van der Waals surface area contributed by atoms with Crippen LogP contribution in [-0.4, -0.2) is 13.3 Å². The molecule has 1 N–H and O–H groups in total. The second-order valence-corrected chi connectivity index (χ2v) is 5.49. The first-order chi connectivity index (χ1) is 7.77. The zero-order valence-corrected chi connectivity index (χ0v) is 11.0. The average Bonchev–Trinajstić information content (AvgIpc) is 2.47. The summed E-state index contributed by atoms with van der Waals surface area (Å²) in [4.78, 5) is 0. The number of rotatable bonds is 6. The lowest BCUT2D eigenvalue weighted by Gasteiger charge is -2.20. The molecule has 0 bridgehead atoms. The smallest absolute Gasteiger partial charge is 0.140 e. The highest BCUT2D eigenvalue weighted by Crippen LogP contribution is 2.33. The van der Waals surface area contributed by atoms with Gasteiger partial charge in [0.1, 0.15) is 6.80 Å². The van der Waals surface area contributed by atoms with Gasteiger partial charge in [-0.25, -0.2) is 4.39 Å². The zero-order valence-electron chi connectivity index (χ0n) is 11.0. The van der Waals surface area contributed by atoms with E-state index in [1.165, 1.54) is 44.9 Å². The lowest BCUT2D eigenvalue weighted by molar-refractivity contribution is 0.299. The first kappa shape index (κ1) is 14.0. The minimum atomic E-state index is -0.373. The third-order valence-corrected chi connectivity index (χ3v) is 4.25. The van der Waals surface area contributed by atoms with Crippen molar-refractivity contribution in [2.45, 2.75) is 58.8 Å². The summed E-state index contributed by atoms with van der Waals surface area (Å²) in [5, 5.41) is 2.87. The summed E-state index contributed by atoms with van der Waals surface area (Å²) in [7, 11) is 0. The van der Waals surface area contributed by atoms with E-state index in [4.69, 9.17) is 0 Å². The van der Waals surface area contributed by atoms with Crippen LogP contribution in [0, 0.1) is 17.8 Å². The van der Waals surface area contributed by atoms with Crippen LogP contribution in [0.25, 0.3) is 0 Å². The highest BCUT2D eigenvalue weighted by molar-refractivity contribution is 4.76. The molecule has 0 aromatic rings. The second-order valence-electron chi connectivity index (χ2n) is 5.49. The van der Waals surface area contributed by atoms with E-state index in [0.29, 0.717) is 5.92 Å². The molecule has 0 saturated heterocycles. The van der Waals surface area contributed by atoms with Crippen molar-refractivity contribution in [1.29, 1.82) is 0 Å². The molecule has 0 aromatic carbocycles. The molecule has 0 heterocycles. The highest BCUT2D eigenvalue weighted by Gasteiger charge is 2.23. The van der Waals surface area contributed by atoms with E-state index in [0.717, 1.165) is 18.4 Å². The van der Waals surface area contributed by atoms with E-state index < -0.39 is 0 Å². The number of unbranched alkanes of at least 4 members (excludes halogenated alkanes) is 1. The van der Waals surface area contributed by atoms with E-state index in [1.54, 1.807) is 0 Å². The molecule has 1 aliphatic carbocycles. The molecule has 1 fully saturated rings. The molecular formula is C14H28FN. The Balaban J connectivity index is 2.30. The van der Waals surface area contributed by atoms with Gasteiger partial charge in [0.25, 0.3) is 0 Å². The maximum Gasteiger partial charge on any atom is 0.140 e. The zero-order chi connectivity index (χ0) is 11.8. The van der Waals surface area contributed by atoms with Crippen LogP contribution in [0.4, 0.5) is 4.39 Å². The van der Waals surface area contributed by atoms with E-state index in [2.05, 4.69) is 19.2 Å². The highest BCUT2D eigenvalue weighted by atomic mass is 19.1. The van der Waals surface area contributed by atoms with Crippen LogP contribution >= 0.6 is 0 Å². The summed E-state index contributed by atoms with van der Waals surface area (Å²) in [5.74, 6) is 2.41. The maximum atomic E-state index is 12.1. The molecule has 0 aliphatic heterocycles. The summed E-state index contributed by atoms with van der Waals surface area (Å²) >= 11 is 0. The van der Waals surface area contributed by atoms with E-state index in [9.17, 15) is 4.39 Å². The first-order valence-electron chi connectivity index (χ1n) is 7.04. The summed E-state index contributed by atoms with van der Waals surface area (Å²) < 4.78 is 12.1. The van der Waals surface area contributed by atoms with Gasteiger partial charge < -0.3 is 0 Å². The molecule has 0 radical (unpaired) electrons. The fourth-order valence-electron chi connectivity index (χ4n) is 2.94. The Morgan fingerprint density at radius 3 is 2.62 bits per heavy atom. The van der Waals surface area contributed by atoms with Gasteiger partial charge in [0.05, 0.1) is 0 Å². The molecule has 3 unspecified atom stereocenters. The van der Waals surface area contributed by atoms with Crippen LogP contribution in [0.3, 0.4) is 0 Å². The van der Waals surface area contributed by atoms with Gasteiger partial charge in [-0.05, 0) is 24.2 Å². The number of hydrogen-bond donors (Lipinski definition) is 1. The SMILES string of the molecule is CCCCC1CCC(C)C(CNCF)CC1. The van der Waals surface area contributed by atoms with Gasteiger partial charge in [-0.2, -0.15) is 0 Å². The fourth-order valence-corrected chi connectivity index (χ4v) is 2.94. The van der Waals surface area contributed by atoms with E-state index in [-0.39, 0.29) is 6.80 Å². The minimum Gasteiger partial charge on any atom is -0.290 e. The predicted molar refractivity (Wildman–Crippen MR) is 68.1 cm³/mol. The summed E-state index contributed by atoms with van der Waals surface area (Å²) in [6, 6.07) is 0. The van der Waals surface area contributed by atoms with Gasteiger partial charge in [0.2, 0.25) is 0 Å². The lowest BCUT2D eigenvalue weighted by atomic mass is 9.90. The fraction of sp³-hybridized carbons (Fsp3) is 1.00. The monoisotopic (exact) mass is 229 g/mol. The summed E-state index contributed by atoms with van der Waals surface area (Å²) in [6.07, 6.45) is 9.50. The number of alkyl halides is 1. The standard InChI is InChI=1S/C14H28FN/c1-3-4-5-13-7-6-12(2)14(9-8-13)10-16-11-15/h12-14,16H,3-11H2,1-2H3. The molecule has 2 heteroatoms. The van der Waals surface area contributed by atoms with Crippen molar-refractivity contribution in [2.75, 3.05) is 13.3 Å². The third-order valence-electron chi connectivity index (χ3n) is 4.25. The van der Waals surface area contributed by atoms with Gasteiger partial charge >= 0.3 is 0 Å². The Labute approximate surface area is 100 Å². The number of halogens is 1. The Hall–Kier alpha value is -0.110. The van der Waals surface area contributed by atoms with Crippen molar-refractivity contribution in [2.24, 2.45) is 17.8 Å². The molecule has 1 aliphatic rings. The Morgan fingerprint density at radius 2 is 1.94 bits per heavy atom. The van der Waals surface area contributed by atoms with Gasteiger partial charge in [-0.15, -0.1) is 0 Å². The van der Waals surface area contributed by atoms with Crippen LogP contribution in [-0.2, 0) is 0 Å². The van der Waals surface area contributed by atoms with Crippen LogP contribution in [0.5, 0.6) is 0 Å². The topological polar surface area (TPSA) is 12.0 Å². The van der Waals surface area contributed by atoms with Crippen molar-refractivity contribution >= 4 is 0 Å². The number of hydrogen-bond acceptors (Lipinski definition) is 1. The molecule has 1 rings (SSSR count). The van der Waals surface area contributed by atoms with Crippen LogP contribution in [0.1, 0.15) is 58.8 Å². The Bertz CT molecular complexity index is 172. The van der Waals surface area contributed by atoms with Crippen LogP contribution < -0.4 is 5.32 Å². The molecule has 1 saturated carbocycles. The van der Waals surface area contributed by atoms with Gasteiger partial charge in [-0.3, -0.25) is 5.32 Å². The minimum absolute atomic E-state index is 0.373. The maximum absolute atomic E-state index is 12.1. The molecule has 96 valence electrons. The summed E-state index contributed by atoms with van der Waals surface area (Å²) in [5.41, 5.74) is 0. The van der Waals surface area contributed by atoms with Crippen molar-refractivity contribution in [3.05, 3.63) is 0 Å².